The Morgan fingerprint density at radius 3 is 2.00 bits per heavy atom. The van der Waals surface area contributed by atoms with Gasteiger partial charge in [-0.15, -0.1) is 0 Å². The molecule has 0 amide bonds. The van der Waals surface area contributed by atoms with E-state index in [0.717, 1.165) is 0 Å². The van der Waals surface area contributed by atoms with Crippen molar-refractivity contribution in [2.75, 3.05) is 13.2 Å². The predicted octanol–water partition coefficient (Wildman–Crippen LogP) is -1.66. The van der Waals surface area contributed by atoms with Gasteiger partial charge in [-0.05, 0) is 0 Å². The molecule has 0 bridgehead atoms. The highest BCUT2D eigenvalue weighted by molar-refractivity contribution is 5.69. The molecule has 0 rings (SSSR count). The Balaban J connectivity index is 4.62. The summed E-state index contributed by atoms with van der Waals surface area (Å²) in [5.74, 6) is -1.28. The molecule has 0 fully saturated rings. The summed E-state index contributed by atoms with van der Waals surface area (Å²) in [4.78, 5) is 22.1. The third-order valence-corrected chi connectivity index (χ3v) is 2.56. The van der Waals surface area contributed by atoms with Gasteiger partial charge >= 0.3 is 11.9 Å². The lowest BCUT2D eigenvalue weighted by atomic mass is 10.0. The molecule has 0 aromatic carbocycles. The quantitative estimate of drug-likeness (QED) is 0.371. The van der Waals surface area contributed by atoms with E-state index >= 15 is 0 Å². The van der Waals surface area contributed by atoms with Crippen LogP contribution < -0.4 is 0 Å². The van der Waals surface area contributed by atoms with E-state index < -0.39 is 49.6 Å². The van der Waals surface area contributed by atoms with E-state index in [0.29, 0.717) is 0 Å². The number of rotatable bonds is 9. The van der Waals surface area contributed by atoms with Crippen LogP contribution in [-0.4, -0.2) is 70.0 Å². The third-order valence-electron chi connectivity index (χ3n) is 2.56. The van der Waals surface area contributed by atoms with E-state index in [1.54, 1.807) is 6.92 Å². The minimum atomic E-state index is -1.70. The molecule has 8 heteroatoms. The van der Waals surface area contributed by atoms with Gasteiger partial charge in [0.25, 0.3) is 0 Å². The molecule has 0 aliphatic rings. The largest absolute Gasteiger partial charge is 0.463 e. The van der Waals surface area contributed by atoms with Crippen LogP contribution in [-0.2, 0) is 19.1 Å². The zero-order valence-electron chi connectivity index (χ0n) is 11.6. The van der Waals surface area contributed by atoms with Gasteiger partial charge in [0, 0.05) is 12.8 Å². The van der Waals surface area contributed by atoms with E-state index in [-0.39, 0.29) is 12.8 Å². The van der Waals surface area contributed by atoms with Crippen molar-refractivity contribution in [1.29, 1.82) is 0 Å². The second-order valence-electron chi connectivity index (χ2n) is 4.15. The zero-order chi connectivity index (χ0) is 15.7. The molecular weight excluding hydrogens is 272 g/mol. The number of hydrogen-bond donors (Lipinski definition) is 4. The molecule has 0 saturated carbocycles. The number of carbonyl (C=O) groups excluding carboxylic acids is 2. The highest BCUT2D eigenvalue weighted by Gasteiger charge is 2.35. The lowest BCUT2D eigenvalue weighted by Gasteiger charge is -2.29. The summed E-state index contributed by atoms with van der Waals surface area (Å²) in [6, 6.07) is 0. The molecule has 0 aromatic rings. The van der Waals surface area contributed by atoms with Crippen LogP contribution in [0.3, 0.4) is 0 Å². The lowest BCUT2D eigenvalue weighted by molar-refractivity contribution is -0.179. The van der Waals surface area contributed by atoms with Crippen LogP contribution in [0.4, 0.5) is 0 Å². The maximum absolute atomic E-state index is 11.2. The maximum atomic E-state index is 11.2. The predicted molar refractivity (Wildman–Crippen MR) is 66.5 cm³/mol. The normalized spacial score (nSPS) is 16.9. The van der Waals surface area contributed by atoms with E-state index in [1.165, 1.54) is 6.92 Å². The summed E-state index contributed by atoms with van der Waals surface area (Å²) in [5.41, 5.74) is 0. The summed E-state index contributed by atoms with van der Waals surface area (Å²) in [5, 5.41) is 37.8. The summed E-state index contributed by atoms with van der Waals surface area (Å²) >= 11 is 0. The monoisotopic (exact) mass is 294 g/mol. The highest BCUT2D eigenvalue weighted by Crippen LogP contribution is 2.11. The summed E-state index contributed by atoms with van der Waals surface area (Å²) < 4.78 is 9.40. The SMILES string of the molecule is CCC(=O)OC[C@@H](O)[C@@H](O)[C@H](OC(=O)CC)[C@@H](O)CO. The first-order chi connectivity index (χ1) is 9.37. The standard InChI is InChI=1S/C12H22O8/c1-3-9(16)19-6-8(15)11(18)12(7(14)5-13)20-10(17)4-2/h7-8,11-15,18H,3-6H2,1-2H3/t7-,8+,11+,12+/m0/s1. The zero-order valence-corrected chi connectivity index (χ0v) is 11.6. The molecule has 4 atom stereocenters. The molecule has 20 heavy (non-hydrogen) atoms. The molecule has 0 heterocycles. The van der Waals surface area contributed by atoms with Gasteiger partial charge in [0.1, 0.15) is 24.9 Å². The first-order valence-electron chi connectivity index (χ1n) is 6.37. The van der Waals surface area contributed by atoms with Gasteiger partial charge in [0.15, 0.2) is 6.10 Å². The molecule has 8 nitrogen and oxygen atoms in total. The summed E-state index contributed by atoms with van der Waals surface area (Å²) in [6.07, 6.45) is -6.21. The van der Waals surface area contributed by atoms with Crippen molar-refractivity contribution in [2.24, 2.45) is 0 Å². The minimum absolute atomic E-state index is 0.00227. The smallest absolute Gasteiger partial charge is 0.305 e. The first kappa shape index (κ1) is 18.8. The average molecular weight is 294 g/mol. The van der Waals surface area contributed by atoms with Crippen LogP contribution in [0.5, 0.6) is 0 Å². The number of aliphatic hydroxyl groups excluding tert-OH is 4. The lowest BCUT2D eigenvalue weighted by Crippen LogP contribution is -2.49. The Morgan fingerprint density at radius 2 is 1.55 bits per heavy atom. The molecule has 0 saturated heterocycles. The van der Waals surface area contributed by atoms with Gasteiger partial charge in [-0.1, -0.05) is 13.8 Å². The average Bonchev–Trinajstić information content (AvgIpc) is 2.47. The molecule has 0 aromatic heterocycles. The summed E-state index contributed by atoms with van der Waals surface area (Å²) in [6.45, 7) is 1.80. The topological polar surface area (TPSA) is 134 Å². The molecular formula is C12H22O8. The van der Waals surface area contributed by atoms with Crippen molar-refractivity contribution >= 4 is 11.9 Å². The van der Waals surface area contributed by atoms with Gasteiger partial charge in [-0.3, -0.25) is 9.59 Å². The number of esters is 2. The van der Waals surface area contributed by atoms with Crippen LogP contribution in [0.2, 0.25) is 0 Å². The fraction of sp³-hybridized carbons (Fsp3) is 0.833. The summed E-state index contributed by atoms with van der Waals surface area (Å²) in [7, 11) is 0. The van der Waals surface area contributed by atoms with E-state index in [4.69, 9.17) is 9.84 Å². The number of hydrogen-bond acceptors (Lipinski definition) is 8. The van der Waals surface area contributed by atoms with Crippen molar-refractivity contribution in [3.05, 3.63) is 0 Å². The van der Waals surface area contributed by atoms with Crippen LogP contribution in [0, 0.1) is 0 Å². The Labute approximate surface area is 116 Å². The molecule has 0 unspecified atom stereocenters. The van der Waals surface area contributed by atoms with Crippen molar-refractivity contribution < 1.29 is 39.5 Å². The third kappa shape index (κ3) is 6.29. The van der Waals surface area contributed by atoms with Crippen LogP contribution in [0.25, 0.3) is 0 Å². The number of ether oxygens (including phenoxy) is 2. The first-order valence-corrected chi connectivity index (χ1v) is 6.37. The Kier molecular flexibility index (Phi) is 9.06. The molecule has 0 radical (unpaired) electrons. The van der Waals surface area contributed by atoms with E-state index in [1.807, 2.05) is 0 Å². The van der Waals surface area contributed by atoms with Crippen LogP contribution in [0.1, 0.15) is 26.7 Å². The molecule has 0 aliphatic heterocycles. The Hall–Kier alpha value is -1.22. The molecule has 0 aliphatic carbocycles. The highest BCUT2D eigenvalue weighted by atomic mass is 16.6. The second kappa shape index (κ2) is 9.65. The van der Waals surface area contributed by atoms with Gasteiger partial charge < -0.3 is 29.9 Å². The van der Waals surface area contributed by atoms with Crippen LogP contribution in [0.15, 0.2) is 0 Å². The molecule has 4 N–H and O–H groups in total. The van der Waals surface area contributed by atoms with Crippen molar-refractivity contribution in [3.63, 3.8) is 0 Å². The van der Waals surface area contributed by atoms with Gasteiger partial charge in [0.2, 0.25) is 0 Å². The fourth-order valence-electron chi connectivity index (χ4n) is 1.31. The minimum Gasteiger partial charge on any atom is -0.463 e. The fourth-order valence-corrected chi connectivity index (χ4v) is 1.31. The Bertz CT molecular complexity index is 306. The van der Waals surface area contributed by atoms with Crippen molar-refractivity contribution in [3.8, 4) is 0 Å². The number of aliphatic hydroxyl groups is 4. The van der Waals surface area contributed by atoms with Gasteiger partial charge in [0.05, 0.1) is 6.61 Å². The van der Waals surface area contributed by atoms with Crippen molar-refractivity contribution in [1.82, 2.24) is 0 Å². The number of carbonyl (C=O) groups is 2. The van der Waals surface area contributed by atoms with Crippen LogP contribution >= 0.6 is 0 Å². The van der Waals surface area contributed by atoms with Crippen molar-refractivity contribution in [2.45, 2.75) is 51.1 Å². The Morgan fingerprint density at radius 1 is 1.00 bits per heavy atom. The molecule has 0 spiro atoms. The molecule has 118 valence electrons. The van der Waals surface area contributed by atoms with E-state index in [9.17, 15) is 24.9 Å². The van der Waals surface area contributed by atoms with Gasteiger partial charge in [-0.2, -0.15) is 0 Å². The van der Waals surface area contributed by atoms with E-state index in [2.05, 4.69) is 4.74 Å². The second-order valence-corrected chi connectivity index (χ2v) is 4.15. The maximum Gasteiger partial charge on any atom is 0.305 e. The van der Waals surface area contributed by atoms with Gasteiger partial charge in [-0.25, -0.2) is 0 Å².